The Bertz CT molecular complexity index is 341. The van der Waals surface area contributed by atoms with Crippen LogP contribution >= 0.6 is 0 Å². The Labute approximate surface area is 137 Å². The third kappa shape index (κ3) is 14.0. The Balaban J connectivity index is 3.63. The summed E-state index contributed by atoms with van der Waals surface area (Å²) in [4.78, 5) is 23.2. The molecule has 136 valence electrons. The maximum atomic E-state index is 11.7. The van der Waals surface area contributed by atoms with Crippen LogP contribution in [-0.4, -0.2) is 70.5 Å². The summed E-state index contributed by atoms with van der Waals surface area (Å²) in [5, 5.41) is 2.41. The van der Waals surface area contributed by atoms with Crippen molar-refractivity contribution in [2.75, 3.05) is 46.8 Å². The van der Waals surface area contributed by atoms with E-state index in [4.69, 9.17) is 23.7 Å². The van der Waals surface area contributed by atoms with Crippen LogP contribution in [0, 0.1) is 0 Å². The molecule has 0 aromatic carbocycles. The maximum absolute atomic E-state index is 11.7. The van der Waals surface area contributed by atoms with Crippen molar-refractivity contribution in [2.45, 2.75) is 39.3 Å². The highest BCUT2D eigenvalue weighted by Gasteiger charge is 2.21. The van der Waals surface area contributed by atoms with Gasteiger partial charge >= 0.3 is 12.1 Å². The molecular weight excluding hydrogens is 306 g/mol. The molecule has 8 heteroatoms. The van der Waals surface area contributed by atoms with E-state index < -0.39 is 23.7 Å². The molecule has 0 aliphatic heterocycles. The molecule has 0 radical (unpaired) electrons. The van der Waals surface area contributed by atoms with Crippen LogP contribution in [0.3, 0.4) is 0 Å². The second-order valence-electron chi connectivity index (χ2n) is 5.75. The van der Waals surface area contributed by atoms with Crippen LogP contribution in [0.4, 0.5) is 4.79 Å². The van der Waals surface area contributed by atoms with Crippen molar-refractivity contribution in [1.82, 2.24) is 5.32 Å². The zero-order valence-corrected chi connectivity index (χ0v) is 14.7. The van der Waals surface area contributed by atoms with Gasteiger partial charge < -0.3 is 29.0 Å². The lowest BCUT2D eigenvalue weighted by atomic mass is 10.2. The zero-order chi connectivity index (χ0) is 17.7. The SMILES string of the molecule is COCCOCCOCCOC(=O)C(C)NC(=O)OC(C)(C)C. The van der Waals surface area contributed by atoms with Crippen molar-refractivity contribution in [2.24, 2.45) is 0 Å². The van der Waals surface area contributed by atoms with E-state index in [1.807, 2.05) is 0 Å². The average molecular weight is 335 g/mol. The molecule has 1 amide bonds. The van der Waals surface area contributed by atoms with Crippen molar-refractivity contribution < 1.29 is 33.3 Å². The monoisotopic (exact) mass is 335 g/mol. The minimum atomic E-state index is -0.790. The Morgan fingerprint density at radius 1 is 0.957 bits per heavy atom. The summed E-state index contributed by atoms with van der Waals surface area (Å²) >= 11 is 0. The minimum Gasteiger partial charge on any atom is -0.462 e. The number of hydrogen-bond donors (Lipinski definition) is 1. The van der Waals surface area contributed by atoms with Crippen LogP contribution in [0.25, 0.3) is 0 Å². The predicted octanol–water partition coefficient (Wildman–Crippen LogP) is 1.12. The largest absolute Gasteiger partial charge is 0.462 e. The van der Waals surface area contributed by atoms with Crippen LogP contribution in [0.1, 0.15) is 27.7 Å². The topological polar surface area (TPSA) is 92.3 Å². The smallest absolute Gasteiger partial charge is 0.408 e. The third-order valence-corrected chi connectivity index (χ3v) is 2.36. The van der Waals surface area contributed by atoms with Gasteiger partial charge in [-0.25, -0.2) is 9.59 Å². The Morgan fingerprint density at radius 3 is 2.00 bits per heavy atom. The van der Waals surface area contributed by atoms with Crippen LogP contribution in [0.2, 0.25) is 0 Å². The lowest BCUT2D eigenvalue weighted by Crippen LogP contribution is -2.42. The highest BCUT2D eigenvalue weighted by atomic mass is 16.6. The highest BCUT2D eigenvalue weighted by Crippen LogP contribution is 2.06. The molecule has 0 saturated heterocycles. The van der Waals surface area contributed by atoms with Crippen molar-refractivity contribution in [1.29, 1.82) is 0 Å². The number of alkyl carbamates (subject to hydrolysis) is 1. The third-order valence-electron chi connectivity index (χ3n) is 2.36. The van der Waals surface area contributed by atoms with E-state index in [0.717, 1.165) is 0 Å². The Kier molecular flexibility index (Phi) is 11.4. The molecule has 23 heavy (non-hydrogen) atoms. The first-order chi connectivity index (χ1) is 10.8. The molecule has 1 unspecified atom stereocenters. The normalized spacial score (nSPS) is 12.6. The fraction of sp³-hybridized carbons (Fsp3) is 0.867. The molecule has 0 aromatic heterocycles. The van der Waals surface area contributed by atoms with Crippen LogP contribution in [0.15, 0.2) is 0 Å². The first-order valence-electron chi connectivity index (χ1n) is 7.57. The Morgan fingerprint density at radius 2 is 1.48 bits per heavy atom. The van der Waals surface area contributed by atoms with Crippen molar-refractivity contribution >= 4 is 12.1 Å². The fourth-order valence-corrected chi connectivity index (χ4v) is 1.33. The van der Waals surface area contributed by atoms with Gasteiger partial charge in [-0.1, -0.05) is 0 Å². The Hall–Kier alpha value is -1.38. The molecule has 0 fully saturated rings. The van der Waals surface area contributed by atoms with Crippen LogP contribution in [-0.2, 0) is 28.5 Å². The predicted molar refractivity (Wildman–Crippen MR) is 83.3 cm³/mol. The lowest BCUT2D eigenvalue weighted by Gasteiger charge is -2.21. The molecule has 0 heterocycles. The van der Waals surface area contributed by atoms with Gasteiger partial charge in [-0.3, -0.25) is 0 Å². The van der Waals surface area contributed by atoms with E-state index in [1.54, 1.807) is 27.9 Å². The van der Waals surface area contributed by atoms with E-state index in [1.165, 1.54) is 6.92 Å². The number of hydrogen-bond acceptors (Lipinski definition) is 7. The summed E-state index contributed by atoms with van der Waals surface area (Å²) in [5.74, 6) is -0.546. The second-order valence-corrected chi connectivity index (χ2v) is 5.75. The van der Waals surface area contributed by atoms with Gasteiger partial charge in [0.15, 0.2) is 0 Å². The van der Waals surface area contributed by atoms with Gasteiger partial charge in [-0.15, -0.1) is 0 Å². The van der Waals surface area contributed by atoms with Gasteiger partial charge in [0, 0.05) is 7.11 Å². The summed E-state index contributed by atoms with van der Waals surface area (Å²) in [6, 6.07) is -0.790. The number of amides is 1. The van der Waals surface area contributed by atoms with Gasteiger partial charge in [-0.2, -0.15) is 0 Å². The van der Waals surface area contributed by atoms with Crippen molar-refractivity contribution in [3.05, 3.63) is 0 Å². The van der Waals surface area contributed by atoms with Gasteiger partial charge in [0.1, 0.15) is 18.2 Å². The molecule has 0 aliphatic rings. The van der Waals surface area contributed by atoms with Crippen LogP contribution in [0.5, 0.6) is 0 Å². The summed E-state index contributed by atoms with van der Waals surface area (Å²) in [6.07, 6.45) is -0.661. The molecule has 0 aliphatic carbocycles. The lowest BCUT2D eigenvalue weighted by molar-refractivity contribution is -0.147. The van der Waals surface area contributed by atoms with E-state index in [9.17, 15) is 9.59 Å². The first kappa shape index (κ1) is 21.6. The second kappa shape index (κ2) is 12.1. The zero-order valence-electron chi connectivity index (χ0n) is 14.7. The van der Waals surface area contributed by atoms with Gasteiger partial charge in [0.2, 0.25) is 0 Å². The summed E-state index contributed by atoms with van der Waals surface area (Å²) < 4.78 is 25.3. The number of carbonyl (C=O) groups excluding carboxylic acids is 2. The molecule has 0 rings (SSSR count). The van der Waals surface area contributed by atoms with Crippen LogP contribution < -0.4 is 5.32 Å². The molecule has 0 bridgehead atoms. The van der Waals surface area contributed by atoms with E-state index in [0.29, 0.717) is 26.4 Å². The molecule has 1 atom stereocenters. The number of esters is 1. The van der Waals surface area contributed by atoms with Gasteiger partial charge in [0.25, 0.3) is 0 Å². The summed E-state index contributed by atoms with van der Waals surface area (Å²) in [7, 11) is 1.60. The summed E-state index contributed by atoms with van der Waals surface area (Å²) in [6.45, 7) is 9.04. The number of nitrogens with one attached hydrogen (secondary N) is 1. The molecule has 1 N–H and O–H groups in total. The molecule has 0 saturated carbocycles. The summed E-state index contributed by atoms with van der Waals surface area (Å²) in [5.41, 5.74) is -0.618. The van der Waals surface area contributed by atoms with Gasteiger partial charge in [0.05, 0.1) is 33.0 Å². The first-order valence-corrected chi connectivity index (χ1v) is 7.57. The number of rotatable bonds is 11. The standard InChI is InChI=1S/C15H29NO7/c1-12(16-14(18)23-15(2,3)4)13(17)22-11-10-21-9-8-20-7-6-19-5/h12H,6-11H2,1-5H3,(H,16,18). The molecule has 0 aromatic rings. The van der Waals surface area contributed by atoms with Crippen molar-refractivity contribution in [3.8, 4) is 0 Å². The van der Waals surface area contributed by atoms with E-state index in [-0.39, 0.29) is 13.2 Å². The minimum absolute atomic E-state index is 0.108. The molecule has 8 nitrogen and oxygen atoms in total. The molecular formula is C15H29NO7. The number of ether oxygens (including phenoxy) is 5. The van der Waals surface area contributed by atoms with E-state index >= 15 is 0 Å². The number of methoxy groups -OCH3 is 1. The quantitative estimate of drug-likeness (QED) is 0.447. The highest BCUT2D eigenvalue weighted by molar-refractivity contribution is 5.80. The average Bonchev–Trinajstić information content (AvgIpc) is 2.43. The molecule has 0 spiro atoms. The maximum Gasteiger partial charge on any atom is 0.408 e. The fourth-order valence-electron chi connectivity index (χ4n) is 1.33. The van der Waals surface area contributed by atoms with E-state index in [2.05, 4.69) is 5.32 Å². The van der Waals surface area contributed by atoms with Crippen molar-refractivity contribution in [3.63, 3.8) is 0 Å². The van der Waals surface area contributed by atoms with Gasteiger partial charge in [-0.05, 0) is 27.7 Å². The number of carbonyl (C=O) groups is 2.